The van der Waals surface area contributed by atoms with Crippen LogP contribution in [0.1, 0.15) is 12.5 Å². The molecule has 2 aliphatic rings. The number of ether oxygens (including phenoxy) is 3. The lowest BCUT2D eigenvalue weighted by atomic mass is 10.1. The van der Waals surface area contributed by atoms with E-state index in [9.17, 15) is 9.90 Å². The fourth-order valence-electron chi connectivity index (χ4n) is 2.78. The summed E-state index contributed by atoms with van der Waals surface area (Å²) in [5, 5.41) is 11.7. The van der Waals surface area contributed by atoms with E-state index in [1.54, 1.807) is 43.3 Å². The van der Waals surface area contributed by atoms with Gasteiger partial charge in [-0.2, -0.15) is 0 Å². The van der Waals surface area contributed by atoms with E-state index in [0.29, 0.717) is 32.2 Å². The number of fused-ring (bicyclic) bond motifs is 1. The lowest BCUT2D eigenvalue weighted by Gasteiger charge is -2.03. The molecule has 148 valence electrons. The van der Waals surface area contributed by atoms with Crippen LogP contribution >= 0.6 is 23.4 Å². The van der Waals surface area contributed by atoms with E-state index in [0.717, 1.165) is 5.56 Å². The van der Waals surface area contributed by atoms with Gasteiger partial charge in [0.05, 0.1) is 17.2 Å². The molecule has 0 fully saturated rings. The van der Waals surface area contributed by atoms with E-state index in [1.807, 2.05) is 12.1 Å². The zero-order valence-corrected chi connectivity index (χ0v) is 16.9. The SMILES string of the molecule is CCOC(=O)C1=C(O)/C(=C\c2ccc3c(c2)OCO3)SC1=Nc1ccc(Cl)cc1. The van der Waals surface area contributed by atoms with Crippen molar-refractivity contribution in [3.63, 3.8) is 0 Å². The number of rotatable bonds is 4. The van der Waals surface area contributed by atoms with Crippen LogP contribution in [0.15, 0.2) is 63.7 Å². The highest BCUT2D eigenvalue weighted by Crippen LogP contribution is 2.41. The number of nitrogens with zero attached hydrogens (tertiary/aromatic N) is 1. The van der Waals surface area contributed by atoms with E-state index in [-0.39, 0.29) is 24.7 Å². The smallest absolute Gasteiger partial charge is 0.344 e. The molecule has 0 spiro atoms. The number of hydrogen-bond donors (Lipinski definition) is 1. The van der Waals surface area contributed by atoms with Crippen LogP contribution in [0.2, 0.25) is 5.02 Å². The first-order chi connectivity index (χ1) is 14.0. The first kappa shape index (κ1) is 19.4. The molecule has 1 N–H and O–H groups in total. The number of thioether (sulfide) groups is 1. The van der Waals surface area contributed by atoms with E-state index >= 15 is 0 Å². The number of esters is 1. The summed E-state index contributed by atoms with van der Waals surface area (Å²) in [6.07, 6.45) is 1.76. The van der Waals surface area contributed by atoms with Crippen molar-refractivity contribution in [1.29, 1.82) is 0 Å². The van der Waals surface area contributed by atoms with Crippen LogP contribution in [-0.4, -0.2) is 29.5 Å². The third-order valence-electron chi connectivity index (χ3n) is 4.12. The van der Waals surface area contributed by atoms with Crippen molar-refractivity contribution in [3.05, 3.63) is 69.3 Å². The summed E-state index contributed by atoms with van der Waals surface area (Å²) in [5.74, 6) is 0.507. The van der Waals surface area contributed by atoms with Gasteiger partial charge in [0.25, 0.3) is 0 Å². The number of carbonyl (C=O) groups excluding carboxylic acids is 1. The minimum atomic E-state index is -0.626. The van der Waals surface area contributed by atoms with Crippen molar-refractivity contribution < 1.29 is 24.1 Å². The number of halogens is 1. The second-order valence-corrected chi connectivity index (χ2v) is 7.53. The molecule has 0 aliphatic carbocycles. The highest BCUT2D eigenvalue weighted by atomic mass is 35.5. The molecule has 4 rings (SSSR count). The molecule has 0 saturated heterocycles. The Hall–Kier alpha value is -2.90. The molecule has 0 radical (unpaired) electrons. The highest BCUT2D eigenvalue weighted by Gasteiger charge is 2.33. The molecule has 6 nitrogen and oxygen atoms in total. The van der Waals surface area contributed by atoms with Crippen molar-refractivity contribution in [2.75, 3.05) is 13.4 Å². The van der Waals surface area contributed by atoms with Gasteiger partial charge in [0, 0.05) is 5.02 Å². The van der Waals surface area contributed by atoms with E-state index in [1.165, 1.54) is 11.8 Å². The van der Waals surface area contributed by atoms with Crippen LogP contribution in [0, 0.1) is 0 Å². The second kappa shape index (κ2) is 8.23. The average Bonchev–Trinajstić information content (AvgIpc) is 3.28. The minimum Gasteiger partial charge on any atom is -0.506 e. The standard InChI is InChI=1S/C21H16ClNO5S/c1-2-26-21(25)18-19(24)17(10-12-3-8-15-16(9-12)28-11-27-15)29-20(18)23-14-6-4-13(22)5-7-14/h3-10,24H,2,11H2,1H3/b17-10+,23-20?. The van der Waals surface area contributed by atoms with E-state index in [2.05, 4.69) is 4.99 Å². The summed E-state index contributed by atoms with van der Waals surface area (Å²) in [4.78, 5) is 17.4. The summed E-state index contributed by atoms with van der Waals surface area (Å²) < 4.78 is 15.8. The Labute approximate surface area is 176 Å². The lowest BCUT2D eigenvalue weighted by molar-refractivity contribution is -0.138. The number of hydrogen-bond acceptors (Lipinski definition) is 7. The van der Waals surface area contributed by atoms with Crippen molar-refractivity contribution in [3.8, 4) is 11.5 Å². The van der Waals surface area contributed by atoms with Crippen LogP contribution in [0.4, 0.5) is 5.69 Å². The van der Waals surface area contributed by atoms with Crippen molar-refractivity contribution >= 4 is 46.1 Å². The predicted octanol–water partition coefficient (Wildman–Crippen LogP) is 5.26. The zero-order chi connectivity index (χ0) is 20.4. The van der Waals surface area contributed by atoms with Crippen LogP contribution in [-0.2, 0) is 9.53 Å². The Kier molecular flexibility index (Phi) is 5.51. The maximum atomic E-state index is 12.4. The van der Waals surface area contributed by atoms with Crippen molar-refractivity contribution in [2.45, 2.75) is 6.92 Å². The molecule has 0 bridgehead atoms. The molecule has 8 heteroatoms. The molecule has 0 atom stereocenters. The van der Waals surface area contributed by atoms with Gasteiger partial charge in [-0.25, -0.2) is 9.79 Å². The van der Waals surface area contributed by atoms with Gasteiger partial charge in [-0.05, 0) is 55.0 Å². The van der Waals surface area contributed by atoms with Gasteiger partial charge in [0.2, 0.25) is 6.79 Å². The molecule has 2 aromatic carbocycles. The van der Waals surface area contributed by atoms with Crippen LogP contribution in [0.5, 0.6) is 11.5 Å². The maximum absolute atomic E-state index is 12.4. The van der Waals surface area contributed by atoms with Gasteiger partial charge in [-0.3, -0.25) is 0 Å². The molecule has 2 heterocycles. The molecule has 2 aromatic rings. The third kappa shape index (κ3) is 4.11. The zero-order valence-electron chi connectivity index (χ0n) is 15.3. The normalized spacial score (nSPS) is 18.0. The second-order valence-electron chi connectivity index (χ2n) is 6.06. The number of aliphatic imine (C=N–C) groups is 1. The molecule has 0 saturated carbocycles. The maximum Gasteiger partial charge on any atom is 0.344 e. The molecular weight excluding hydrogens is 414 g/mol. The average molecular weight is 430 g/mol. The topological polar surface area (TPSA) is 77.4 Å². The Balaban J connectivity index is 1.72. The van der Waals surface area contributed by atoms with E-state index < -0.39 is 5.97 Å². The van der Waals surface area contributed by atoms with Gasteiger partial charge in [-0.15, -0.1) is 0 Å². The van der Waals surface area contributed by atoms with Gasteiger partial charge in [0.15, 0.2) is 11.5 Å². The van der Waals surface area contributed by atoms with Crippen molar-refractivity contribution in [1.82, 2.24) is 0 Å². The van der Waals surface area contributed by atoms with E-state index in [4.69, 9.17) is 25.8 Å². The first-order valence-corrected chi connectivity index (χ1v) is 9.99. The Bertz CT molecular complexity index is 1060. The van der Waals surface area contributed by atoms with Crippen LogP contribution in [0.3, 0.4) is 0 Å². The predicted molar refractivity (Wildman–Crippen MR) is 113 cm³/mol. The van der Waals surface area contributed by atoms with Gasteiger partial charge in [0.1, 0.15) is 16.4 Å². The summed E-state index contributed by atoms with van der Waals surface area (Å²) in [6, 6.07) is 12.3. The summed E-state index contributed by atoms with van der Waals surface area (Å²) in [6.45, 7) is 2.08. The van der Waals surface area contributed by atoms with Gasteiger partial charge in [-0.1, -0.05) is 29.4 Å². The minimum absolute atomic E-state index is 0.0405. The Morgan fingerprint density at radius 3 is 2.76 bits per heavy atom. The van der Waals surface area contributed by atoms with Crippen LogP contribution in [0.25, 0.3) is 6.08 Å². The fourth-order valence-corrected chi connectivity index (χ4v) is 3.94. The van der Waals surface area contributed by atoms with Crippen LogP contribution < -0.4 is 9.47 Å². The fraction of sp³-hybridized carbons (Fsp3) is 0.143. The van der Waals surface area contributed by atoms with Gasteiger partial charge >= 0.3 is 5.97 Å². The Morgan fingerprint density at radius 2 is 2.00 bits per heavy atom. The number of aliphatic hydroxyl groups is 1. The summed E-state index contributed by atoms with van der Waals surface area (Å²) >= 11 is 7.11. The molecule has 29 heavy (non-hydrogen) atoms. The van der Waals surface area contributed by atoms with Gasteiger partial charge < -0.3 is 19.3 Å². The Morgan fingerprint density at radius 1 is 1.24 bits per heavy atom. The first-order valence-electron chi connectivity index (χ1n) is 8.79. The molecule has 2 aliphatic heterocycles. The number of aliphatic hydroxyl groups excluding tert-OH is 1. The molecular formula is C21H16ClNO5S. The summed E-state index contributed by atoms with van der Waals surface area (Å²) in [5.41, 5.74) is 1.44. The third-order valence-corrected chi connectivity index (χ3v) is 5.39. The number of benzene rings is 2. The molecule has 0 aromatic heterocycles. The lowest BCUT2D eigenvalue weighted by Crippen LogP contribution is -2.12. The summed E-state index contributed by atoms with van der Waals surface area (Å²) in [7, 11) is 0. The van der Waals surface area contributed by atoms with Crippen molar-refractivity contribution in [2.24, 2.45) is 4.99 Å². The highest BCUT2D eigenvalue weighted by molar-refractivity contribution is 8.18. The molecule has 0 unspecified atom stereocenters. The monoisotopic (exact) mass is 429 g/mol. The largest absolute Gasteiger partial charge is 0.506 e. The quantitative estimate of drug-likeness (QED) is 0.668. The molecule has 0 amide bonds. The number of carbonyl (C=O) groups is 1.